The molecule has 108 valence electrons. The monoisotopic (exact) mass is 300 g/mol. The van der Waals surface area contributed by atoms with E-state index in [1.54, 1.807) is 18.2 Å². The summed E-state index contributed by atoms with van der Waals surface area (Å²) >= 11 is 0. The molecule has 3 rings (SSSR count). The first-order valence-corrected chi connectivity index (χ1v) is 8.35. The van der Waals surface area contributed by atoms with E-state index in [9.17, 15) is 8.42 Å². The Morgan fingerprint density at radius 3 is 2.43 bits per heavy atom. The van der Waals surface area contributed by atoms with E-state index in [1.807, 2.05) is 43.3 Å². The lowest BCUT2D eigenvalue weighted by Gasteiger charge is -2.11. The van der Waals surface area contributed by atoms with Gasteiger partial charge >= 0.3 is 0 Å². The molecule has 21 heavy (non-hydrogen) atoms. The molecule has 2 aromatic carbocycles. The maximum absolute atomic E-state index is 12.1. The smallest absolute Gasteiger partial charge is 0.263 e. The van der Waals surface area contributed by atoms with Crippen LogP contribution in [0.4, 0.5) is 0 Å². The van der Waals surface area contributed by atoms with Crippen LogP contribution in [0, 0.1) is 0 Å². The van der Waals surface area contributed by atoms with Crippen molar-refractivity contribution in [2.75, 3.05) is 0 Å². The largest absolute Gasteiger partial charge is 0.263 e. The number of nitrogens with one attached hydrogen (secondary N) is 1. The number of hydrogen-bond acceptors (Lipinski definition) is 3. The molecule has 0 amide bonds. The van der Waals surface area contributed by atoms with Crippen molar-refractivity contribution in [1.82, 2.24) is 4.72 Å². The fourth-order valence-electron chi connectivity index (χ4n) is 2.46. The maximum Gasteiger partial charge on any atom is 0.263 e. The van der Waals surface area contributed by atoms with Crippen molar-refractivity contribution in [3.8, 4) is 0 Å². The minimum atomic E-state index is -3.47. The molecule has 0 bridgehead atoms. The molecule has 0 saturated carbocycles. The average molecular weight is 300 g/mol. The van der Waals surface area contributed by atoms with E-state index in [0.717, 1.165) is 12.0 Å². The van der Waals surface area contributed by atoms with Gasteiger partial charge in [0.25, 0.3) is 10.0 Å². The fourth-order valence-corrected chi connectivity index (χ4v) is 3.70. The molecule has 2 aromatic rings. The summed E-state index contributed by atoms with van der Waals surface area (Å²) in [6.07, 6.45) is 0.803. The highest BCUT2D eigenvalue weighted by atomic mass is 32.2. The van der Waals surface area contributed by atoms with E-state index in [-0.39, 0.29) is 6.04 Å². The van der Waals surface area contributed by atoms with E-state index in [1.165, 1.54) is 0 Å². The first kappa shape index (κ1) is 13.8. The number of nitrogens with zero attached hydrogens (tertiary/aromatic N) is 1. The highest BCUT2D eigenvalue weighted by Crippen LogP contribution is 2.26. The second-order valence-electron chi connectivity index (χ2n) is 4.91. The normalized spacial score (nSPS) is 19.0. The Balaban J connectivity index is 2.05. The van der Waals surface area contributed by atoms with Gasteiger partial charge in [-0.1, -0.05) is 49.4 Å². The summed E-state index contributed by atoms with van der Waals surface area (Å²) in [7, 11) is -3.47. The van der Waals surface area contributed by atoms with Crippen LogP contribution in [0.2, 0.25) is 0 Å². The van der Waals surface area contributed by atoms with E-state index < -0.39 is 10.0 Å². The van der Waals surface area contributed by atoms with Crippen molar-refractivity contribution in [3.63, 3.8) is 0 Å². The molecule has 0 saturated heterocycles. The van der Waals surface area contributed by atoms with Crippen LogP contribution in [-0.4, -0.2) is 14.3 Å². The first-order chi connectivity index (χ1) is 10.1. The topological polar surface area (TPSA) is 58.5 Å². The van der Waals surface area contributed by atoms with Crippen LogP contribution in [-0.2, 0) is 10.0 Å². The summed E-state index contributed by atoms with van der Waals surface area (Å²) in [6.45, 7) is 2.04. The second kappa shape index (κ2) is 5.33. The molecule has 0 fully saturated rings. The lowest BCUT2D eigenvalue weighted by Crippen LogP contribution is -2.22. The summed E-state index contributed by atoms with van der Waals surface area (Å²) in [6, 6.07) is 16.8. The van der Waals surface area contributed by atoms with E-state index >= 15 is 0 Å². The molecule has 1 aliphatic rings. The zero-order valence-electron chi connectivity index (χ0n) is 11.7. The maximum atomic E-state index is 12.1. The molecule has 1 atom stereocenters. The molecule has 0 spiro atoms. The van der Waals surface area contributed by atoms with Crippen molar-refractivity contribution in [3.05, 3.63) is 65.7 Å². The Morgan fingerprint density at radius 1 is 1.05 bits per heavy atom. The third kappa shape index (κ3) is 2.56. The molecular weight excluding hydrogens is 284 g/mol. The zero-order valence-corrected chi connectivity index (χ0v) is 12.5. The van der Waals surface area contributed by atoms with Crippen LogP contribution >= 0.6 is 0 Å². The van der Waals surface area contributed by atoms with E-state index in [0.29, 0.717) is 16.3 Å². The standard InChI is InChI=1S/C16H16N2O2S/c1-2-14(12-8-4-3-5-9-12)17-16-13-10-6-7-11-15(13)21(19,20)18-16/h3-11,14H,2H2,1H3,(H,17,18). The number of rotatable bonds is 3. The molecule has 5 heteroatoms. The minimum absolute atomic E-state index is 0.0601. The Bertz CT molecular complexity index is 783. The highest BCUT2D eigenvalue weighted by molar-refractivity contribution is 7.90. The quantitative estimate of drug-likeness (QED) is 0.947. The Labute approximate surface area is 124 Å². The van der Waals surface area contributed by atoms with Gasteiger partial charge in [0, 0.05) is 5.56 Å². The molecule has 4 nitrogen and oxygen atoms in total. The van der Waals surface area contributed by atoms with Crippen molar-refractivity contribution in [2.45, 2.75) is 24.3 Å². The summed E-state index contributed by atoms with van der Waals surface area (Å²) in [5.41, 5.74) is 1.72. The van der Waals surface area contributed by atoms with Gasteiger partial charge < -0.3 is 0 Å². The lowest BCUT2D eigenvalue weighted by atomic mass is 10.1. The molecular formula is C16H16N2O2S. The average Bonchev–Trinajstić information content (AvgIpc) is 2.77. The fraction of sp³-hybridized carbons (Fsp3) is 0.188. The SMILES string of the molecule is CCC(N=C1NS(=O)(=O)c2ccccc21)c1ccccc1. The summed E-state index contributed by atoms with van der Waals surface area (Å²) in [5.74, 6) is 0.432. The predicted octanol–water partition coefficient (Wildman–Crippen LogP) is 2.88. The first-order valence-electron chi connectivity index (χ1n) is 6.87. The van der Waals surface area contributed by atoms with Crippen LogP contribution in [0.25, 0.3) is 0 Å². The van der Waals surface area contributed by atoms with Gasteiger partial charge in [0.2, 0.25) is 0 Å². The van der Waals surface area contributed by atoms with Gasteiger partial charge in [0.1, 0.15) is 5.84 Å². The third-order valence-corrected chi connectivity index (χ3v) is 4.92. The summed E-state index contributed by atoms with van der Waals surface area (Å²) in [5, 5.41) is 0. The van der Waals surface area contributed by atoms with Crippen LogP contribution in [0.15, 0.2) is 64.5 Å². The van der Waals surface area contributed by atoms with Crippen molar-refractivity contribution >= 4 is 15.9 Å². The number of aliphatic imine (C=N–C) groups is 1. The van der Waals surface area contributed by atoms with Crippen molar-refractivity contribution in [1.29, 1.82) is 0 Å². The molecule has 1 heterocycles. The highest BCUT2D eigenvalue weighted by Gasteiger charge is 2.30. The van der Waals surface area contributed by atoms with Crippen molar-refractivity contribution in [2.24, 2.45) is 4.99 Å². The Morgan fingerprint density at radius 2 is 1.71 bits per heavy atom. The van der Waals surface area contributed by atoms with E-state index in [2.05, 4.69) is 9.71 Å². The summed E-state index contributed by atoms with van der Waals surface area (Å²) < 4.78 is 26.7. The zero-order chi connectivity index (χ0) is 14.9. The van der Waals surface area contributed by atoms with E-state index in [4.69, 9.17) is 0 Å². The van der Waals surface area contributed by atoms with Crippen molar-refractivity contribution < 1.29 is 8.42 Å². The van der Waals surface area contributed by atoms with Gasteiger partial charge in [-0.15, -0.1) is 0 Å². The molecule has 1 aliphatic heterocycles. The van der Waals surface area contributed by atoms with Gasteiger partial charge in [-0.05, 0) is 24.1 Å². The van der Waals surface area contributed by atoms with Crippen LogP contribution in [0.3, 0.4) is 0 Å². The molecule has 0 aromatic heterocycles. The van der Waals surface area contributed by atoms with Crippen LogP contribution < -0.4 is 4.72 Å². The van der Waals surface area contributed by atoms with Gasteiger partial charge in [-0.3, -0.25) is 9.71 Å². The van der Waals surface area contributed by atoms with Gasteiger partial charge in [-0.2, -0.15) is 0 Å². The van der Waals surface area contributed by atoms with Gasteiger partial charge in [-0.25, -0.2) is 8.42 Å². The van der Waals surface area contributed by atoms with Gasteiger partial charge in [0.05, 0.1) is 10.9 Å². The third-order valence-electron chi connectivity index (χ3n) is 3.52. The molecule has 1 unspecified atom stereocenters. The molecule has 0 radical (unpaired) electrons. The number of amidine groups is 1. The number of hydrogen-bond donors (Lipinski definition) is 1. The Hall–Kier alpha value is -2.14. The number of sulfonamides is 1. The molecule has 1 N–H and O–H groups in total. The second-order valence-corrected chi connectivity index (χ2v) is 6.56. The summed E-state index contributed by atoms with van der Waals surface area (Å²) in [4.78, 5) is 4.93. The van der Waals surface area contributed by atoms with Crippen LogP contribution in [0.1, 0.15) is 30.5 Å². The Kier molecular flexibility index (Phi) is 3.51. The predicted molar refractivity (Wildman–Crippen MR) is 82.8 cm³/mol. The van der Waals surface area contributed by atoms with Crippen LogP contribution in [0.5, 0.6) is 0 Å². The van der Waals surface area contributed by atoms with Gasteiger partial charge in [0.15, 0.2) is 0 Å². The number of fused-ring (bicyclic) bond motifs is 1. The minimum Gasteiger partial charge on any atom is -0.263 e. The lowest BCUT2D eigenvalue weighted by molar-refractivity contribution is 0.594. The molecule has 0 aliphatic carbocycles. The number of benzene rings is 2.